The van der Waals surface area contributed by atoms with Gasteiger partial charge in [-0.1, -0.05) is 48.5 Å². The van der Waals surface area contributed by atoms with E-state index in [1.165, 1.54) is 0 Å². The average molecular weight is 324 g/mol. The normalized spacial score (nSPS) is 11.0. The van der Waals surface area contributed by atoms with Crippen LogP contribution in [-0.4, -0.2) is 17.6 Å². The molecule has 1 aromatic heterocycles. The minimum atomic E-state index is -0.428. The zero-order valence-corrected chi connectivity index (χ0v) is 13.3. The summed E-state index contributed by atoms with van der Waals surface area (Å²) in [6, 6.07) is 17.6. The second-order valence-corrected chi connectivity index (χ2v) is 5.93. The van der Waals surface area contributed by atoms with Crippen LogP contribution in [0.4, 0.5) is 4.79 Å². The Bertz CT molecular complexity index is 779. The lowest BCUT2D eigenvalue weighted by molar-refractivity contribution is 0.141. The van der Waals surface area contributed by atoms with Crippen LogP contribution in [0.1, 0.15) is 10.6 Å². The quantitative estimate of drug-likeness (QED) is 0.764. The molecular weight excluding hydrogens is 308 g/mol. The fourth-order valence-corrected chi connectivity index (χ4v) is 2.94. The van der Waals surface area contributed by atoms with Crippen LogP contribution in [0.5, 0.6) is 0 Å². The minimum Gasteiger partial charge on any atom is -0.445 e. The van der Waals surface area contributed by atoms with E-state index in [0.717, 1.165) is 20.8 Å². The molecule has 0 aliphatic carbocycles. The number of hydrogen-bond donors (Lipinski definition) is 1. The van der Waals surface area contributed by atoms with Crippen molar-refractivity contribution in [2.75, 3.05) is 6.54 Å². The summed E-state index contributed by atoms with van der Waals surface area (Å²) in [5.74, 6) is 0. The number of nitrogens with zero attached hydrogens (tertiary/aromatic N) is 1. The van der Waals surface area contributed by atoms with Gasteiger partial charge in [0, 0.05) is 6.54 Å². The van der Waals surface area contributed by atoms with Crippen LogP contribution < -0.4 is 5.32 Å². The van der Waals surface area contributed by atoms with Crippen molar-refractivity contribution in [3.63, 3.8) is 0 Å². The number of ether oxygens (including phenoxy) is 1. The average Bonchev–Trinajstić information content (AvgIpc) is 3.00. The summed E-state index contributed by atoms with van der Waals surface area (Å²) in [6.45, 7) is 0.678. The molecule has 5 heteroatoms. The first-order chi connectivity index (χ1) is 11.3. The number of para-hydroxylation sites is 1. The molecule has 0 aliphatic rings. The molecule has 1 N–H and O–H groups in total. The summed E-state index contributed by atoms with van der Waals surface area (Å²) < 4.78 is 6.29. The van der Waals surface area contributed by atoms with Crippen LogP contribution in [0, 0.1) is 0 Å². The van der Waals surface area contributed by atoms with Crippen molar-refractivity contribution in [1.29, 1.82) is 0 Å². The summed E-state index contributed by atoms with van der Waals surface area (Å²) in [5, 5.41) is 3.61. The Morgan fingerprint density at radius 1 is 1.13 bits per heavy atom. The SMILES string of the molecule is O=C(NCC=Cc1nc2ccccc2s1)OCc1ccccc1. The number of hydrogen-bond acceptors (Lipinski definition) is 4. The van der Waals surface area contributed by atoms with Gasteiger partial charge in [-0.05, 0) is 23.8 Å². The van der Waals surface area contributed by atoms with Gasteiger partial charge in [-0.3, -0.25) is 0 Å². The number of rotatable bonds is 5. The first kappa shape index (κ1) is 15.2. The van der Waals surface area contributed by atoms with Crippen LogP contribution in [0.15, 0.2) is 60.7 Å². The van der Waals surface area contributed by atoms with Gasteiger partial charge in [0.2, 0.25) is 0 Å². The van der Waals surface area contributed by atoms with Gasteiger partial charge in [0.1, 0.15) is 11.6 Å². The Morgan fingerprint density at radius 2 is 1.91 bits per heavy atom. The molecule has 0 bridgehead atoms. The molecule has 2 aromatic carbocycles. The second kappa shape index (κ2) is 7.56. The highest BCUT2D eigenvalue weighted by Gasteiger charge is 2.01. The first-order valence-electron chi connectivity index (χ1n) is 7.28. The molecule has 4 nitrogen and oxygen atoms in total. The van der Waals surface area contributed by atoms with E-state index in [2.05, 4.69) is 10.3 Å². The molecule has 3 aromatic rings. The van der Waals surface area contributed by atoms with Gasteiger partial charge in [-0.25, -0.2) is 9.78 Å². The number of alkyl carbamates (subject to hydrolysis) is 1. The number of aromatic nitrogens is 1. The third kappa shape index (κ3) is 4.40. The lowest BCUT2D eigenvalue weighted by Crippen LogP contribution is -2.24. The molecule has 0 spiro atoms. The van der Waals surface area contributed by atoms with Crippen molar-refractivity contribution in [2.45, 2.75) is 6.61 Å². The summed E-state index contributed by atoms with van der Waals surface area (Å²) in [7, 11) is 0. The van der Waals surface area contributed by atoms with E-state index in [1.807, 2.05) is 66.7 Å². The Hall–Kier alpha value is -2.66. The molecule has 116 valence electrons. The number of carbonyl (C=O) groups excluding carboxylic acids is 1. The van der Waals surface area contributed by atoms with Crippen molar-refractivity contribution in [2.24, 2.45) is 0 Å². The number of carbonyl (C=O) groups is 1. The van der Waals surface area contributed by atoms with Gasteiger partial charge in [0.15, 0.2) is 0 Å². The van der Waals surface area contributed by atoms with Gasteiger partial charge in [-0.15, -0.1) is 11.3 Å². The Morgan fingerprint density at radius 3 is 2.74 bits per heavy atom. The predicted molar refractivity (Wildman–Crippen MR) is 93.3 cm³/mol. The van der Waals surface area contributed by atoms with Crippen molar-refractivity contribution < 1.29 is 9.53 Å². The smallest absolute Gasteiger partial charge is 0.407 e. The van der Waals surface area contributed by atoms with Gasteiger partial charge >= 0.3 is 6.09 Å². The third-order valence-corrected chi connectivity index (χ3v) is 4.15. The molecule has 0 fully saturated rings. The van der Waals surface area contributed by atoms with E-state index in [-0.39, 0.29) is 6.61 Å². The van der Waals surface area contributed by atoms with Crippen LogP contribution in [0.3, 0.4) is 0 Å². The third-order valence-electron chi connectivity index (χ3n) is 3.15. The van der Waals surface area contributed by atoms with Crippen molar-refractivity contribution in [1.82, 2.24) is 10.3 Å². The summed E-state index contributed by atoms with van der Waals surface area (Å²) in [4.78, 5) is 16.1. The summed E-state index contributed by atoms with van der Waals surface area (Å²) in [5.41, 5.74) is 1.96. The number of fused-ring (bicyclic) bond motifs is 1. The van der Waals surface area contributed by atoms with Gasteiger partial charge < -0.3 is 10.1 Å². The predicted octanol–water partition coefficient (Wildman–Crippen LogP) is 4.24. The molecule has 23 heavy (non-hydrogen) atoms. The van der Waals surface area contributed by atoms with Crippen LogP contribution in [0.2, 0.25) is 0 Å². The van der Waals surface area contributed by atoms with Crippen molar-refractivity contribution >= 4 is 33.7 Å². The number of benzene rings is 2. The molecule has 0 unspecified atom stereocenters. The van der Waals surface area contributed by atoms with Crippen molar-refractivity contribution in [3.05, 3.63) is 71.2 Å². The standard InChI is InChI=1S/C18H16N2O2S/c21-18(22-13-14-7-2-1-3-8-14)19-12-6-11-17-20-15-9-4-5-10-16(15)23-17/h1-11H,12-13H2,(H,19,21). The Balaban J connectivity index is 1.44. The zero-order chi connectivity index (χ0) is 15.9. The fraction of sp³-hybridized carbons (Fsp3) is 0.111. The zero-order valence-electron chi connectivity index (χ0n) is 12.4. The van der Waals surface area contributed by atoms with E-state index in [4.69, 9.17) is 4.74 Å². The first-order valence-corrected chi connectivity index (χ1v) is 8.09. The Kier molecular flexibility index (Phi) is 5.01. The van der Waals surface area contributed by atoms with E-state index in [9.17, 15) is 4.79 Å². The lowest BCUT2D eigenvalue weighted by Gasteiger charge is -2.04. The molecule has 0 saturated heterocycles. The highest BCUT2D eigenvalue weighted by Crippen LogP contribution is 2.22. The maximum Gasteiger partial charge on any atom is 0.407 e. The molecule has 1 heterocycles. The summed E-state index contributed by atoms with van der Waals surface area (Å²) >= 11 is 1.62. The van der Waals surface area contributed by atoms with Crippen molar-refractivity contribution in [3.8, 4) is 0 Å². The second-order valence-electron chi connectivity index (χ2n) is 4.86. The summed E-state index contributed by atoms with van der Waals surface area (Å²) in [6.07, 6.45) is 3.34. The minimum absolute atomic E-state index is 0.272. The van der Waals surface area contributed by atoms with E-state index >= 15 is 0 Å². The van der Waals surface area contributed by atoms with E-state index < -0.39 is 6.09 Å². The highest BCUT2D eigenvalue weighted by molar-refractivity contribution is 7.19. The maximum atomic E-state index is 11.6. The van der Waals surface area contributed by atoms with E-state index in [0.29, 0.717) is 6.54 Å². The lowest BCUT2D eigenvalue weighted by atomic mass is 10.2. The van der Waals surface area contributed by atoms with Crippen LogP contribution in [0.25, 0.3) is 16.3 Å². The van der Waals surface area contributed by atoms with Gasteiger partial charge in [0.25, 0.3) is 0 Å². The van der Waals surface area contributed by atoms with Crippen LogP contribution in [-0.2, 0) is 11.3 Å². The molecule has 0 aliphatic heterocycles. The Labute approximate surface area is 138 Å². The monoisotopic (exact) mass is 324 g/mol. The molecule has 0 atom stereocenters. The molecular formula is C18H16N2O2S. The number of nitrogens with one attached hydrogen (secondary N) is 1. The van der Waals surface area contributed by atoms with Crippen LogP contribution >= 0.6 is 11.3 Å². The van der Waals surface area contributed by atoms with Gasteiger partial charge in [0.05, 0.1) is 10.2 Å². The molecule has 0 saturated carbocycles. The highest BCUT2D eigenvalue weighted by atomic mass is 32.1. The number of thiazole rings is 1. The molecule has 1 amide bonds. The van der Waals surface area contributed by atoms with Gasteiger partial charge in [-0.2, -0.15) is 0 Å². The molecule has 0 radical (unpaired) electrons. The maximum absolute atomic E-state index is 11.6. The van der Waals surface area contributed by atoms with E-state index in [1.54, 1.807) is 11.3 Å². The largest absolute Gasteiger partial charge is 0.445 e. The molecule has 3 rings (SSSR count). The fourth-order valence-electron chi connectivity index (χ4n) is 2.04. The number of amides is 1. The topological polar surface area (TPSA) is 51.2 Å².